The van der Waals surface area contributed by atoms with Crippen LogP contribution in [0.3, 0.4) is 0 Å². The smallest absolute Gasteiger partial charge is 0.387 e. The third-order valence-electron chi connectivity index (χ3n) is 3.19. The summed E-state index contributed by atoms with van der Waals surface area (Å²) in [5.74, 6) is 1.28. The van der Waals surface area contributed by atoms with Crippen molar-refractivity contribution in [3.8, 4) is 11.5 Å². The lowest BCUT2D eigenvalue weighted by molar-refractivity contribution is -0.0513. The highest BCUT2D eigenvalue weighted by molar-refractivity contribution is 7.98. The monoisotopic (exact) mass is 320 g/mol. The van der Waals surface area contributed by atoms with Gasteiger partial charge in [0, 0.05) is 24.9 Å². The molecule has 1 aromatic carbocycles. The van der Waals surface area contributed by atoms with Gasteiger partial charge in [0.15, 0.2) is 11.5 Å². The van der Waals surface area contributed by atoms with E-state index >= 15 is 0 Å². The number of nitrogens with zero attached hydrogens (tertiary/aromatic N) is 1. The molecule has 0 heterocycles. The normalized spacial score (nSPS) is 12.8. The fourth-order valence-electron chi connectivity index (χ4n) is 2.05. The van der Waals surface area contributed by atoms with Crippen molar-refractivity contribution in [3.05, 3.63) is 23.8 Å². The molecule has 0 bridgehead atoms. The predicted molar refractivity (Wildman–Crippen MR) is 82.4 cm³/mol. The molecular formula is C14H22F2N2O2S. The molecular weight excluding hydrogens is 298 g/mol. The molecule has 0 aliphatic rings. The molecule has 1 aromatic rings. The van der Waals surface area contributed by atoms with Crippen molar-refractivity contribution < 1.29 is 18.3 Å². The van der Waals surface area contributed by atoms with Gasteiger partial charge < -0.3 is 15.2 Å². The number of nitrogens with two attached hydrogens (primary N) is 1. The van der Waals surface area contributed by atoms with Gasteiger partial charge in [0.25, 0.3) is 0 Å². The Morgan fingerprint density at radius 3 is 2.57 bits per heavy atom. The SMILES string of the molecule is COc1ccc(C(CN)N(C)CCSC)cc1OC(F)F. The van der Waals surface area contributed by atoms with E-state index in [-0.39, 0.29) is 17.5 Å². The highest BCUT2D eigenvalue weighted by atomic mass is 32.2. The molecule has 0 aliphatic heterocycles. The fraction of sp³-hybridized carbons (Fsp3) is 0.571. The number of halogens is 2. The van der Waals surface area contributed by atoms with Crippen molar-refractivity contribution in [2.75, 3.05) is 39.3 Å². The van der Waals surface area contributed by atoms with Crippen LogP contribution in [0.15, 0.2) is 18.2 Å². The zero-order valence-electron chi connectivity index (χ0n) is 12.5. The molecule has 120 valence electrons. The van der Waals surface area contributed by atoms with E-state index in [1.54, 1.807) is 23.9 Å². The first-order valence-corrected chi connectivity index (χ1v) is 7.94. The van der Waals surface area contributed by atoms with Gasteiger partial charge >= 0.3 is 6.61 Å². The molecule has 0 saturated heterocycles. The van der Waals surface area contributed by atoms with Crippen molar-refractivity contribution in [1.29, 1.82) is 0 Å². The molecule has 0 aromatic heterocycles. The quantitative estimate of drug-likeness (QED) is 0.758. The number of hydrogen-bond acceptors (Lipinski definition) is 5. The summed E-state index contributed by atoms with van der Waals surface area (Å²) in [5.41, 5.74) is 6.66. The van der Waals surface area contributed by atoms with Gasteiger partial charge in [-0.2, -0.15) is 20.5 Å². The van der Waals surface area contributed by atoms with E-state index < -0.39 is 6.61 Å². The van der Waals surface area contributed by atoms with Crippen molar-refractivity contribution in [2.24, 2.45) is 5.73 Å². The van der Waals surface area contributed by atoms with Crippen LogP contribution in [0, 0.1) is 0 Å². The molecule has 1 atom stereocenters. The summed E-state index contributed by atoms with van der Waals surface area (Å²) in [7, 11) is 3.38. The first-order valence-electron chi connectivity index (χ1n) is 6.55. The van der Waals surface area contributed by atoms with Crippen LogP contribution in [-0.2, 0) is 0 Å². The molecule has 21 heavy (non-hydrogen) atoms. The Kier molecular flexibility index (Phi) is 7.77. The average Bonchev–Trinajstić information content (AvgIpc) is 2.45. The van der Waals surface area contributed by atoms with E-state index in [0.717, 1.165) is 17.9 Å². The minimum Gasteiger partial charge on any atom is -0.493 e. The Hall–Kier alpha value is -1.05. The Morgan fingerprint density at radius 1 is 1.33 bits per heavy atom. The van der Waals surface area contributed by atoms with Crippen LogP contribution in [0.1, 0.15) is 11.6 Å². The van der Waals surface area contributed by atoms with Crippen molar-refractivity contribution in [3.63, 3.8) is 0 Å². The van der Waals surface area contributed by atoms with Crippen LogP contribution < -0.4 is 15.2 Å². The maximum Gasteiger partial charge on any atom is 0.387 e. The van der Waals surface area contributed by atoms with E-state index in [2.05, 4.69) is 9.64 Å². The van der Waals surface area contributed by atoms with Gasteiger partial charge in [0.2, 0.25) is 0 Å². The van der Waals surface area contributed by atoms with E-state index in [1.165, 1.54) is 7.11 Å². The van der Waals surface area contributed by atoms with Gasteiger partial charge in [0.1, 0.15) is 0 Å². The highest BCUT2D eigenvalue weighted by Gasteiger charge is 2.18. The number of methoxy groups -OCH3 is 1. The second-order valence-corrected chi connectivity index (χ2v) is 5.50. The Morgan fingerprint density at radius 2 is 2.05 bits per heavy atom. The molecule has 0 saturated carbocycles. The standard InChI is InChI=1S/C14H22F2N2O2S/c1-18(6-7-21-3)11(9-17)10-4-5-12(19-2)13(8-10)20-14(15)16/h4-5,8,11,14H,6-7,9,17H2,1-3H3. The number of ether oxygens (including phenoxy) is 2. The lowest BCUT2D eigenvalue weighted by Gasteiger charge is -2.27. The maximum absolute atomic E-state index is 12.5. The highest BCUT2D eigenvalue weighted by Crippen LogP contribution is 2.32. The second kappa shape index (κ2) is 9.07. The lowest BCUT2D eigenvalue weighted by Crippen LogP contribution is -2.32. The summed E-state index contributed by atoms with van der Waals surface area (Å²) in [5, 5.41) is 0. The second-order valence-electron chi connectivity index (χ2n) is 4.51. The zero-order valence-corrected chi connectivity index (χ0v) is 13.3. The van der Waals surface area contributed by atoms with Gasteiger partial charge in [-0.25, -0.2) is 0 Å². The molecule has 2 N–H and O–H groups in total. The summed E-state index contributed by atoms with van der Waals surface area (Å²) in [6.45, 7) is -1.63. The van der Waals surface area contributed by atoms with Crippen LogP contribution in [-0.4, -0.2) is 50.8 Å². The summed E-state index contributed by atoms with van der Waals surface area (Å²) >= 11 is 1.74. The Balaban J connectivity index is 2.98. The summed E-state index contributed by atoms with van der Waals surface area (Å²) in [6.07, 6.45) is 2.03. The van der Waals surface area contributed by atoms with Crippen molar-refractivity contribution in [2.45, 2.75) is 12.7 Å². The van der Waals surface area contributed by atoms with Gasteiger partial charge in [-0.1, -0.05) is 6.07 Å². The minimum absolute atomic E-state index is 0.0294. The Bertz CT molecular complexity index is 435. The summed E-state index contributed by atoms with van der Waals surface area (Å²) in [4.78, 5) is 2.10. The van der Waals surface area contributed by atoms with Gasteiger partial charge in [-0.15, -0.1) is 0 Å². The number of thioether (sulfide) groups is 1. The van der Waals surface area contributed by atoms with Crippen molar-refractivity contribution in [1.82, 2.24) is 4.90 Å². The molecule has 0 aliphatic carbocycles. The number of rotatable bonds is 9. The molecule has 4 nitrogen and oxygen atoms in total. The molecule has 1 rings (SSSR count). The largest absolute Gasteiger partial charge is 0.493 e. The van der Waals surface area contributed by atoms with E-state index in [4.69, 9.17) is 10.5 Å². The van der Waals surface area contributed by atoms with E-state index in [1.807, 2.05) is 19.4 Å². The van der Waals surface area contributed by atoms with E-state index in [0.29, 0.717) is 6.54 Å². The lowest BCUT2D eigenvalue weighted by atomic mass is 10.0. The summed E-state index contributed by atoms with van der Waals surface area (Å²) in [6, 6.07) is 4.96. The van der Waals surface area contributed by atoms with Crippen LogP contribution in [0.2, 0.25) is 0 Å². The Labute approximate surface area is 128 Å². The number of likely N-dealkylation sites (N-methyl/N-ethyl adjacent to an activating group) is 1. The van der Waals surface area contributed by atoms with Gasteiger partial charge in [-0.05, 0) is 31.0 Å². The van der Waals surface area contributed by atoms with E-state index in [9.17, 15) is 8.78 Å². The third-order valence-corrected chi connectivity index (χ3v) is 3.78. The van der Waals surface area contributed by atoms with Crippen LogP contribution in [0.25, 0.3) is 0 Å². The number of alkyl halides is 2. The topological polar surface area (TPSA) is 47.7 Å². The van der Waals surface area contributed by atoms with Crippen LogP contribution >= 0.6 is 11.8 Å². The van der Waals surface area contributed by atoms with Crippen LogP contribution in [0.5, 0.6) is 11.5 Å². The molecule has 0 spiro atoms. The van der Waals surface area contributed by atoms with Crippen molar-refractivity contribution >= 4 is 11.8 Å². The summed E-state index contributed by atoms with van der Waals surface area (Å²) < 4.78 is 34.5. The first kappa shape index (κ1) is 18.0. The molecule has 0 fully saturated rings. The van der Waals surface area contributed by atoms with Crippen LogP contribution in [0.4, 0.5) is 8.78 Å². The molecule has 7 heteroatoms. The first-order chi connectivity index (χ1) is 10.0. The average molecular weight is 320 g/mol. The van der Waals surface area contributed by atoms with Gasteiger partial charge in [0.05, 0.1) is 7.11 Å². The molecule has 0 radical (unpaired) electrons. The number of benzene rings is 1. The number of hydrogen-bond donors (Lipinski definition) is 1. The molecule has 0 amide bonds. The predicted octanol–water partition coefficient (Wildman–Crippen LogP) is 2.59. The third kappa shape index (κ3) is 5.33. The minimum atomic E-state index is -2.89. The maximum atomic E-state index is 12.5. The van der Waals surface area contributed by atoms with Gasteiger partial charge in [-0.3, -0.25) is 4.90 Å². The fourth-order valence-corrected chi connectivity index (χ4v) is 2.52. The zero-order chi connectivity index (χ0) is 15.8. The molecule has 1 unspecified atom stereocenters.